The van der Waals surface area contributed by atoms with Crippen LogP contribution in [-0.2, 0) is 28.9 Å². The van der Waals surface area contributed by atoms with E-state index in [4.69, 9.17) is 16.3 Å². The Morgan fingerprint density at radius 2 is 1.71 bits per heavy atom. The third kappa shape index (κ3) is 4.93. The highest BCUT2D eigenvalue weighted by molar-refractivity contribution is 6.30. The van der Waals surface area contributed by atoms with Gasteiger partial charge in [0.25, 0.3) is 0 Å². The topological polar surface area (TPSA) is 78.2 Å². The fourth-order valence-corrected chi connectivity index (χ4v) is 4.90. The molecule has 1 saturated heterocycles. The summed E-state index contributed by atoms with van der Waals surface area (Å²) in [6.45, 7) is 5.52. The van der Waals surface area contributed by atoms with E-state index in [0.717, 1.165) is 73.7 Å². The van der Waals surface area contributed by atoms with Gasteiger partial charge in [0.05, 0.1) is 6.54 Å². The molecule has 4 rings (SSSR count). The number of esters is 1. The van der Waals surface area contributed by atoms with E-state index in [2.05, 4.69) is 15.9 Å². The monoisotopic (exact) mass is 447 g/mol. The molecule has 1 fully saturated rings. The summed E-state index contributed by atoms with van der Waals surface area (Å²) in [5.41, 5.74) is 2.78. The van der Waals surface area contributed by atoms with Crippen LogP contribution in [0.15, 0.2) is 24.3 Å². The van der Waals surface area contributed by atoms with E-state index in [-0.39, 0.29) is 24.3 Å². The van der Waals surface area contributed by atoms with Gasteiger partial charge in [-0.1, -0.05) is 17.7 Å². The molecule has 2 heterocycles. The van der Waals surface area contributed by atoms with E-state index in [1.54, 1.807) is 0 Å². The Bertz CT molecular complexity index is 908. The highest BCUT2D eigenvalue weighted by Gasteiger charge is 2.28. The SMILES string of the molecule is CC(=O)OC(CN1CCN(c2cccc(Cl)c2)CC1)Cn1c(O)c2c(c1O)CCCC2. The smallest absolute Gasteiger partial charge is 0.303 e. The first-order chi connectivity index (χ1) is 14.9. The van der Waals surface area contributed by atoms with Gasteiger partial charge in [-0.2, -0.15) is 0 Å². The Balaban J connectivity index is 1.42. The zero-order chi connectivity index (χ0) is 22.0. The average Bonchev–Trinajstić information content (AvgIpc) is 2.99. The molecule has 7 nitrogen and oxygen atoms in total. The van der Waals surface area contributed by atoms with Crippen LogP contribution < -0.4 is 4.90 Å². The van der Waals surface area contributed by atoms with Crippen LogP contribution in [0, 0.1) is 0 Å². The van der Waals surface area contributed by atoms with Crippen molar-refractivity contribution in [3.8, 4) is 11.8 Å². The number of hydrogen-bond acceptors (Lipinski definition) is 6. The first-order valence-electron chi connectivity index (χ1n) is 10.9. The van der Waals surface area contributed by atoms with Gasteiger partial charge in [-0.05, 0) is 43.9 Å². The van der Waals surface area contributed by atoms with Crippen molar-refractivity contribution in [3.05, 3.63) is 40.4 Å². The Morgan fingerprint density at radius 1 is 1.06 bits per heavy atom. The molecule has 0 radical (unpaired) electrons. The number of benzene rings is 1. The van der Waals surface area contributed by atoms with Gasteiger partial charge in [0.15, 0.2) is 11.8 Å². The summed E-state index contributed by atoms with van der Waals surface area (Å²) in [4.78, 5) is 16.3. The summed E-state index contributed by atoms with van der Waals surface area (Å²) < 4.78 is 7.08. The van der Waals surface area contributed by atoms with Gasteiger partial charge in [-0.15, -0.1) is 0 Å². The molecule has 2 N–H and O–H groups in total. The van der Waals surface area contributed by atoms with E-state index in [1.807, 2.05) is 18.2 Å². The second kappa shape index (κ2) is 9.40. The normalized spacial score (nSPS) is 17.9. The molecule has 0 bridgehead atoms. The van der Waals surface area contributed by atoms with Crippen LogP contribution in [-0.4, -0.2) is 64.5 Å². The number of hydrogen-bond donors (Lipinski definition) is 2. The summed E-state index contributed by atoms with van der Waals surface area (Å²) in [6, 6.07) is 7.85. The number of halogens is 1. The van der Waals surface area contributed by atoms with E-state index in [9.17, 15) is 15.0 Å². The quantitative estimate of drug-likeness (QED) is 0.662. The molecule has 1 unspecified atom stereocenters. The summed E-state index contributed by atoms with van der Waals surface area (Å²) in [6.07, 6.45) is 3.10. The highest BCUT2D eigenvalue weighted by Crippen LogP contribution is 2.38. The molecule has 0 saturated carbocycles. The van der Waals surface area contributed by atoms with Crippen LogP contribution in [0.2, 0.25) is 5.02 Å². The van der Waals surface area contributed by atoms with Crippen LogP contribution in [0.25, 0.3) is 0 Å². The third-order valence-electron chi connectivity index (χ3n) is 6.25. The number of nitrogens with zero attached hydrogens (tertiary/aromatic N) is 3. The molecule has 1 aliphatic heterocycles. The molecule has 1 aromatic carbocycles. The van der Waals surface area contributed by atoms with Crippen molar-refractivity contribution in [3.63, 3.8) is 0 Å². The molecular formula is C23H30ClN3O4. The van der Waals surface area contributed by atoms with E-state index in [0.29, 0.717) is 6.54 Å². The maximum Gasteiger partial charge on any atom is 0.303 e. The van der Waals surface area contributed by atoms with E-state index in [1.165, 1.54) is 11.5 Å². The van der Waals surface area contributed by atoms with Crippen LogP contribution in [0.4, 0.5) is 5.69 Å². The summed E-state index contributed by atoms with van der Waals surface area (Å²) in [5.74, 6) is -0.149. The number of piperazine rings is 1. The van der Waals surface area contributed by atoms with Gasteiger partial charge < -0.3 is 19.8 Å². The minimum atomic E-state index is -0.458. The third-order valence-corrected chi connectivity index (χ3v) is 6.48. The van der Waals surface area contributed by atoms with Crippen LogP contribution in [0.1, 0.15) is 30.9 Å². The standard InChI is InChI=1S/C23H30ClN3O4/c1-16(28)31-19(15-27-22(29)20-7-2-3-8-21(20)23(27)30)14-25-9-11-26(12-10-25)18-6-4-5-17(24)13-18/h4-6,13,19,29-30H,2-3,7-12,14-15H2,1H3. The van der Waals surface area contributed by atoms with Crippen molar-refractivity contribution in [2.75, 3.05) is 37.6 Å². The van der Waals surface area contributed by atoms with Crippen molar-refractivity contribution in [1.29, 1.82) is 0 Å². The molecule has 31 heavy (non-hydrogen) atoms. The maximum atomic E-state index is 11.7. The molecule has 168 valence electrons. The molecule has 0 amide bonds. The first-order valence-corrected chi connectivity index (χ1v) is 11.3. The lowest BCUT2D eigenvalue weighted by molar-refractivity contribution is -0.148. The van der Waals surface area contributed by atoms with Crippen molar-refractivity contribution in [1.82, 2.24) is 9.47 Å². The van der Waals surface area contributed by atoms with Crippen LogP contribution in [0.3, 0.4) is 0 Å². The van der Waals surface area contributed by atoms with Gasteiger partial charge in [0.2, 0.25) is 0 Å². The Kier molecular flexibility index (Phi) is 6.62. The molecule has 0 spiro atoms. The molecule has 8 heteroatoms. The van der Waals surface area contributed by atoms with Crippen LogP contribution in [0.5, 0.6) is 11.8 Å². The minimum Gasteiger partial charge on any atom is -0.494 e. The molecule has 1 atom stereocenters. The molecular weight excluding hydrogens is 418 g/mol. The Labute approximate surface area is 187 Å². The second-order valence-electron chi connectivity index (χ2n) is 8.42. The number of aromatic hydroxyl groups is 2. The summed E-state index contributed by atoms with van der Waals surface area (Å²) >= 11 is 6.12. The fourth-order valence-electron chi connectivity index (χ4n) is 4.72. The number of carbonyl (C=O) groups excluding carboxylic acids is 1. The van der Waals surface area contributed by atoms with E-state index < -0.39 is 6.10 Å². The molecule has 2 aliphatic rings. The number of anilines is 1. The lowest BCUT2D eigenvalue weighted by atomic mass is 9.95. The molecule has 2 aromatic rings. The van der Waals surface area contributed by atoms with Gasteiger partial charge in [-0.25, -0.2) is 0 Å². The van der Waals surface area contributed by atoms with Gasteiger partial charge in [-0.3, -0.25) is 14.3 Å². The van der Waals surface area contributed by atoms with Gasteiger partial charge >= 0.3 is 5.97 Å². The number of carbonyl (C=O) groups is 1. The summed E-state index contributed by atoms with van der Waals surface area (Å²) in [7, 11) is 0. The van der Waals surface area contributed by atoms with E-state index >= 15 is 0 Å². The predicted molar refractivity (Wildman–Crippen MR) is 120 cm³/mol. The predicted octanol–water partition coefficient (Wildman–Crippen LogP) is 3.19. The molecule has 1 aromatic heterocycles. The lowest BCUT2D eigenvalue weighted by Gasteiger charge is -2.37. The lowest BCUT2D eigenvalue weighted by Crippen LogP contribution is -2.49. The number of aromatic nitrogens is 1. The number of fused-ring (bicyclic) bond motifs is 1. The average molecular weight is 448 g/mol. The van der Waals surface area contributed by atoms with Gasteiger partial charge in [0.1, 0.15) is 6.10 Å². The Morgan fingerprint density at radius 3 is 2.29 bits per heavy atom. The number of ether oxygens (including phenoxy) is 1. The maximum absolute atomic E-state index is 11.7. The zero-order valence-corrected chi connectivity index (χ0v) is 18.6. The molecule has 1 aliphatic carbocycles. The zero-order valence-electron chi connectivity index (χ0n) is 17.9. The van der Waals surface area contributed by atoms with Crippen molar-refractivity contribution >= 4 is 23.3 Å². The highest BCUT2D eigenvalue weighted by atomic mass is 35.5. The van der Waals surface area contributed by atoms with Crippen molar-refractivity contribution in [2.24, 2.45) is 0 Å². The van der Waals surface area contributed by atoms with Gasteiger partial charge in [0, 0.05) is 61.5 Å². The van der Waals surface area contributed by atoms with Crippen LogP contribution >= 0.6 is 11.6 Å². The Hall–Kier alpha value is -2.38. The number of rotatable bonds is 6. The minimum absolute atomic E-state index is 0.107. The first kappa shape index (κ1) is 21.8. The summed E-state index contributed by atoms with van der Waals surface area (Å²) in [5, 5.41) is 22.0. The van der Waals surface area contributed by atoms with Crippen molar-refractivity contribution in [2.45, 2.75) is 45.3 Å². The van der Waals surface area contributed by atoms with Crippen molar-refractivity contribution < 1.29 is 19.7 Å². The fraction of sp³-hybridized carbons (Fsp3) is 0.522. The largest absolute Gasteiger partial charge is 0.494 e. The second-order valence-corrected chi connectivity index (χ2v) is 8.86.